The summed E-state index contributed by atoms with van der Waals surface area (Å²) in [5.41, 5.74) is 3.47. The number of hydrogen-bond donors (Lipinski definition) is 1. The monoisotopic (exact) mass is 422 g/mol. The zero-order chi connectivity index (χ0) is 20.4. The van der Waals surface area contributed by atoms with Crippen molar-refractivity contribution < 1.29 is 4.79 Å². The van der Waals surface area contributed by atoms with Gasteiger partial charge in [-0.1, -0.05) is 23.2 Å². The molecule has 152 valence electrons. The minimum atomic E-state index is 0.0518. The first-order valence-electron chi connectivity index (χ1n) is 9.80. The van der Waals surface area contributed by atoms with Crippen molar-refractivity contribution in [3.05, 3.63) is 45.2 Å². The molecule has 1 aliphatic heterocycles. The minimum Gasteiger partial charge on any atom is -0.353 e. The molecule has 5 nitrogen and oxygen atoms in total. The summed E-state index contributed by atoms with van der Waals surface area (Å²) in [6.07, 6.45) is 2.33. The predicted molar refractivity (Wildman–Crippen MR) is 115 cm³/mol. The van der Waals surface area contributed by atoms with E-state index < -0.39 is 0 Å². The molecule has 0 unspecified atom stereocenters. The number of benzene rings is 1. The maximum absolute atomic E-state index is 12.7. The Kier molecular flexibility index (Phi) is 6.69. The van der Waals surface area contributed by atoms with E-state index in [1.54, 1.807) is 16.8 Å². The minimum absolute atomic E-state index is 0.0518. The topological polar surface area (TPSA) is 50.2 Å². The van der Waals surface area contributed by atoms with E-state index in [0.717, 1.165) is 48.6 Å². The van der Waals surface area contributed by atoms with Crippen LogP contribution in [0.1, 0.15) is 43.6 Å². The van der Waals surface area contributed by atoms with Crippen molar-refractivity contribution in [1.82, 2.24) is 20.0 Å². The number of aryl methyl sites for hydroxylation is 1. The van der Waals surface area contributed by atoms with Gasteiger partial charge in [-0.25, -0.2) is 4.68 Å². The molecular formula is C21H28Cl2N4O. The second-order valence-electron chi connectivity index (χ2n) is 7.81. The Morgan fingerprint density at radius 1 is 1.25 bits per heavy atom. The third-order valence-corrected chi connectivity index (χ3v) is 6.08. The molecule has 0 atom stereocenters. The molecule has 0 saturated carbocycles. The summed E-state index contributed by atoms with van der Waals surface area (Å²) >= 11 is 12.3. The van der Waals surface area contributed by atoms with Crippen molar-refractivity contribution in [3.63, 3.8) is 0 Å². The summed E-state index contributed by atoms with van der Waals surface area (Å²) < 4.78 is 1.79. The highest BCUT2D eigenvalue weighted by Crippen LogP contribution is 2.27. The first-order chi connectivity index (χ1) is 13.3. The zero-order valence-corrected chi connectivity index (χ0v) is 18.4. The average molecular weight is 423 g/mol. The molecule has 1 saturated heterocycles. The smallest absolute Gasteiger partial charge is 0.224 e. The Morgan fingerprint density at radius 3 is 2.54 bits per heavy atom. The highest BCUT2D eigenvalue weighted by atomic mass is 35.5. The number of hydrogen-bond acceptors (Lipinski definition) is 3. The van der Waals surface area contributed by atoms with Gasteiger partial charge in [0, 0.05) is 41.5 Å². The number of carbonyl (C=O) groups is 1. The predicted octanol–water partition coefficient (Wildman–Crippen LogP) is 4.33. The Bertz CT molecular complexity index is 854. The van der Waals surface area contributed by atoms with Gasteiger partial charge in [-0.05, 0) is 58.7 Å². The lowest BCUT2D eigenvalue weighted by Crippen LogP contribution is -2.47. The van der Waals surface area contributed by atoms with Gasteiger partial charge in [-0.15, -0.1) is 0 Å². The number of nitrogens with one attached hydrogen (secondary N) is 1. The van der Waals surface area contributed by atoms with Crippen molar-refractivity contribution >= 4 is 29.1 Å². The Hall–Kier alpha value is -1.56. The fourth-order valence-corrected chi connectivity index (χ4v) is 4.31. The highest BCUT2D eigenvalue weighted by molar-refractivity contribution is 6.35. The number of carbonyl (C=O) groups excluding carboxylic acids is 1. The van der Waals surface area contributed by atoms with Crippen LogP contribution in [0.3, 0.4) is 0 Å². The van der Waals surface area contributed by atoms with E-state index in [9.17, 15) is 4.79 Å². The van der Waals surface area contributed by atoms with Crippen LogP contribution < -0.4 is 5.32 Å². The molecule has 0 bridgehead atoms. The molecule has 2 heterocycles. The standard InChI is InChI=1S/C21H28Cl2N4O/c1-13(2)26-9-7-17(8-10-26)24-21(28)12-18-14(3)25-27(15(18)4)20-6-5-16(22)11-19(20)23/h5-6,11,13,17H,7-10,12H2,1-4H3,(H,24,28). The third kappa shape index (κ3) is 4.70. The van der Waals surface area contributed by atoms with Gasteiger partial charge in [0.05, 0.1) is 22.8 Å². The van der Waals surface area contributed by atoms with Gasteiger partial charge in [0.2, 0.25) is 5.91 Å². The summed E-state index contributed by atoms with van der Waals surface area (Å²) in [7, 11) is 0. The molecule has 0 spiro atoms. The van der Waals surface area contributed by atoms with Crippen LogP contribution in [-0.4, -0.2) is 45.8 Å². The van der Waals surface area contributed by atoms with Crippen LogP contribution in [0.15, 0.2) is 18.2 Å². The first kappa shape index (κ1) is 21.2. The molecule has 2 aromatic rings. The fraction of sp³-hybridized carbons (Fsp3) is 0.524. The number of aromatic nitrogens is 2. The van der Waals surface area contributed by atoms with Crippen molar-refractivity contribution in [2.24, 2.45) is 0 Å². The lowest BCUT2D eigenvalue weighted by molar-refractivity contribution is -0.121. The van der Waals surface area contributed by atoms with E-state index in [-0.39, 0.29) is 11.9 Å². The molecular weight excluding hydrogens is 395 g/mol. The van der Waals surface area contributed by atoms with Crippen molar-refractivity contribution in [3.8, 4) is 5.69 Å². The largest absolute Gasteiger partial charge is 0.353 e. The van der Waals surface area contributed by atoms with E-state index in [2.05, 4.69) is 29.2 Å². The second-order valence-corrected chi connectivity index (χ2v) is 8.65. The Balaban J connectivity index is 1.68. The molecule has 1 aromatic carbocycles. The number of nitrogens with zero attached hydrogens (tertiary/aromatic N) is 3. The first-order valence-corrected chi connectivity index (χ1v) is 10.6. The van der Waals surface area contributed by atoms with Crippen LogP contribution in [-0.2, 0) is 11.2 Å². The molecule has 1 fully saturated rings. The summed E-state index contributed by atoms with van der Waals surface area (Å²) in [6.45, 7) is 10.4. The van der Waals surface area contributed by atoms with Gasteiger partial charge in [0.15, 0.2) is 0 Å². The quantitative estimate of drug-likeness (QED) is 0.779. The third-order valence-electron chi connectivity index (χ3n) is 5.54. The number of likely N-dealkylation sites (tertiary alicyclic amines) is 1. The van der Waals surface area contributed by atoms with Crippen LogP contribution >= 0.6 is 23.2 Å². The molecule has 1 N–H and O–H groups in total. The number of halogens is 2. The lowest BCUT2D eigenvalue weighted by atomic mass is 10.0. The average Bonchev–Trinajstić information content (AvgIpc) is 2.90. The molecule has 28 heavy (non-hydrogen) atoms. The SMILES string of the molecule is Cc1nn(-c2ccc(Cl)cc2Cl)c(C)c1CC(=O)NC1CCN(C(C)C)CC1. The van der Waals surface area contributed by atoms with E-state index >= 15 is 0 Å². The van der Waals surface area contributed by atoms with Crippen LogP contribution in [0, 0.1) is 13.8 Å². The lowest BCUT2D eigenvalue weighted by Gasteiger charge is -2.34. The number of amides is 1. The molecule has 1 amide bonds. The van der Waals surface area contributed by atoms with Gasteiger partial charge < -0.3 is 10.2 Å². The second kappa shape index (κ2) is 8.85. The maximum Gasteiger partial charge on any atom is 0.224 e. The van der Waals surface area contributed by atoms with Crippen LogP contribution in [0.5, 0.6) is 0 Å². The van der Waals surface area contributed by atoms with Crippen molar-refractivity contribution in [2.45, 2.75) is 59.0 Å². The van der Waals surface area contributed by atoms with Crippen LogP contribution in [0.4, 0.5) is 0 Å². The Morgan fingerprint density at radius 2 is 1.93 bits per heavy atom. The van der Waals surface area contributed by atoms with Crippen LogP contribution in [0.25, 0.3) is 5.69 Å². The zero-order valence-electron chi connectivity index (χ0n) is 16.9. The van der Waals surface area contributed by atoms with Crippen LogP contribution in [0.2, 0.25) is 10.0 Å². The van der Waals surface area contributed by atoms with Gasteiger partial charge in [-0.3, -0.25) is 4.79 Å². The van der Waals surface area contributed by atoms with Gasteiger partial charge in [0.1, 0.15) is 0 Å². The molecule has 0 aliphatic carbocycles. The van der Waals surface area contributed by atoms with Gasteiger partial charge in [-0.2, -0.15) is 5.10 Å². The van der Waals surface area contributed by atoms with E-state index in [4.69, 9.17) is 23.2 Å². The molecule has 1 aromatic heterocycles. The summed E-state index contributed by atoms with van der Waals surface area (Å²) in [4.78, 5) is 15.1. The van der Waals surface area contributed by atoms with Crippen molar-refractivity contribution in [2.75, 3.05) is 13.1 Å². The van der Waals surface area contributed by atoms with Crippen molar-refractivity contribution in [1.29, 1.82) is 0 Å². The van der Waals surface area contributed by atoms with Gasteiger partial charge >= 0.3 is 0 Å². The van der Waals surface area contributed by atoms with E-state index in [0.29, 0.717) is 22.5 Å². The van der Waals surface area contributed by atoms with Gasteiger partial charge in [0.25, 0.3) is 0 Å². The fourth-order valence-electron chi connectivity index (χ4n) is 3.82. The summed E-state index contributed by atoms with van der Waals surface area (Å²) in [5.74, 6) is 0.0518. The molecule has 1 aliphatic rings. The molecule has 3 rings (SSSR count). The molecule has 7 heteroatoms. The van der Waals surface area contributed by atoms with E-state index in [1.165, 1.54) is 0 Å². The molecule has 0 radical (unpaired) electrons. The summed E-state index contributed by atoms with van der Waals surface area (Å²) in [5, 5.41) is 8.92. The van der Waals surface area contributed by atoms with E-state index in [1.807, 2.05) is 19.9 Å². The Labute approximate surface area is 177 Å². The number of rotatable bonds is 5. The summed E-state index contributed by atoms with van der Waals surface area (Å²) in [6, 6.07) is 6.15. The number of piperidine rings is 1. The maximum atomic E-state index is 12.7. The highest BCUT2D eigenvalue weighted by Gasteiger charge is 2.23. The normalized spacial score (nSPS) is 16.0.